The Morgan fingerprint density at radius 2 is 2.24 bits per heavy atom. The number of benzene rings is 1. The summed E-state index contributed by atoms with van der Waals surface area (Å²) in [4.78, 5) is 2.51. The number of azide groups is 1. The summed E-state index contributed by atoms with van der Waals surface area (Å²) in [5, 5.41) is 22.7. The molecule has 17 heavy (non-hydrogen) atoms. The van der Waals surface area contributed by atoms with Gasteiger partial charge in [0.2, 0.25) is 0 Å². The molecule has 0 radical (unpaired) electrons. The van der Waals surface area contributed by atoms with Crippen LogP contribution in [0, 0.1) is 0 Å². The second-order valence-corrected chi connectivity index (χ2v) is 3.43. The van der Waals surface area contributed by atoms with Gasteiger partial charge in [0, 0.05) is 22.2 Å². The van der Waals surface area contributed by atoms with Crippen molar-refractivity contribution in [1.82, 2.24) is 0 Å². The maximum Gasteiger partial charge on any atom is 0.126 e. The Hall–Kier alpha value is -1.95. The van der Waals surface area contributed by atoms with Crippen LogP contribution in [-0.2, 0) is 0 Å². The van der Waals surface area contributed by atoms with Gasteiger partial charge in [-0.05, 0) is 11.6 Å². The number of nitrogens with two attached hydrogens (primary N) is 1. The summed E-state index contributed by atoms with van der Waals surface area (Å²) in [6, 6.07) is 4.68. The molecule has 4 N–H and O–H groups in total. The Labute approximate surface area is 98.1 Å². The number of aliphatic hydroxyl groups excluding tert-OH is 2. The Morgan fingerprint density at radius 3 is 2.82 bits per heavy atom. The van der Waals surface area contributed by atoms with E-state index in [2.05, 4.69) is 10.0 Å². The van der Waals surface area contributed by atoms with E-state index in [1.807, 2.05) is 0 Å². The van der Waals surface area contributed by atoms with Crippen molar-refractivity contribution in [3.05, 3.63) is 34.2 Å². The third kappa shape index (κ3) is 3.25. The zero-order valence-electron chi connectivity index (χ0n) is 9.32. The van der Waals surface area contributed by atoms with Crippen LogP contribution in [-0.4, -0.2) is 30.0 Å². The molecule has 0 heterocycles. The van der Waals surface area contributed by atoms with E-state index in [1.54, 1.807) is 18.2 Å². The fourth-order valence-corrected chi connectivity index (χ4v) is 1.40. The molecule has 0 amide bonds. The molecule has 2 unspecified atom stereocenters. The van der Waals surface area contributed by atoms with E-state index in [1.165, 1.54) is 7.11 Å². The SMILES string of the molecule is COc1cc(N)ccc1C(O)C(O)CN=[N+]=[N-]. The highest BCUT2D eigenvalue weighted by molar-refractivity contribution is 5.49. The largest absolute Gasteiger partial charge is 0.496 e. The molecule has 0 aliphatic carbocycles. The summed E-state index contributed by atoms with van der Waals surface area (Å²) in [6.07, 6.45) is -2.39. The monoisotopic (exact) mass is 238 g/mol. The van der Waals surface area contributed by atoms with Gasteiger partial charge in [0.05, 0.1) is 19.8 Å². The third-order valence-corrected chi connectivity index (χ3v) is 2.27. The molecule has 7 heteroatoms. The van der Waals surface area contributed by atoms with Gasteiger partial charge < -0.3 is 20.7 Å². The van der Waals surface area contributed by atoms with Crippen LogP contribution in [0.3, 0.4) is 0 Å². The number of anilines is 1. The van der Waals surface area contributed by atoms with Gasteiger partial charge in [-0.15, -0.1) is 0 Å². The Kier molecular flexibility index (Phi) is 4.59. The lowest BCUT2D eigenvalue weighted by molar-refractivity contribution is 0.0230. The molecule has 0 saturated carbocycles. The first kappa shape index (κ1) is 13.1. The number of nitrogens with zero attached hydrogens (tertiary/aromatic N) is 3. The van der Waals surface area contributed by atoms with Crippen LogP contribution in [0.25, 0.3) is 10.4 Å². The zero-order valence-corrected chi connectivity index (χ0v) is 9.32. The van der Waals surface area contributed by atoms with E-state index in [0.717, 1.165) is 0 Å². The number of nitrogen functional groups attached to an aromatic ring is 1. The normalized spacial score (nSPS) is 13.6. The topological polar surface area (TPSA) is 124 Å². The van der Waals surface area contributed by atoms with Crippen LogP contribution >= 0.6 is 0 Å². The molecular weight excluding hydrogens is 224 g/mol. The molecule has 0 bridgehead atoms. The molecule has 1 rings (SSSR count). The van der Waals surface area contributed by atoms with Crippen molar-refractivity contribution >= 4 is 5.69 Å². The van der Waals surface area contributed by atoms with Gasteiger partial charge in [0.15, 0.2) is 0 Å². The number of hydrogen-bond acceptors (Lipinski definition) is 5. The number of aliphatic hydroxyl groups is 2. The first-order valence-corrected chi connectivity index (χ1v) is 4.90. The van der Waals surface area contributed by atoms with Crippen LogP contribution in [0.5, 0.6) is 5.75 Å². The van der Waals surface area contributed by atoms with Crippen LogP contribution in [0.4, 0.5) is 5.69 Å². The first-order valence-electron chi connectivity index (χ1n) is 4.90. The molecule has 0 aromatic heterocycles. The second-order valence-electron chi connectivity index (χ2n) is 3.43. The summed E-state index contributed by atoms with van der Waals surface area (Å²) in [7, 11) is 1.44. The van der Waals surface area contributed by atoms with Gasteiger partial charge in [-0.2, -0.15) is 0 Å². The second kappa shape index (κ2) is 5.95. The Balaban J connectivity index is 2.94. The van der Waals surface area contributed by atoms with Crippen LogP contribution in [0.1, 0.15) is 11.7 Å². The molecule has 0 fully saturated rings. The fourth-order valence-electron chi connectivity index (χ4n) is 1.40. The lowest BCUT2D eigenvalue weighted by Crippen LogP contribution is -2.21. The molecule has 1 aromatic carbocycles. The van der Waals surface area contributed by atoms with E-state index >= 15 is 0 Å². The molecule has 7 nitrogen and oxygen atoms in total. The summed E-state index contributed by atoms with van der Waals surface area (Å²) >= 11 is 0. The van der Waals surface area contributed by atoms with Gasteiger partial charge in [0.1, 0.15) is 11.9 Å². The minimum Gasteiger partial charge on any atom is -0.496 e. The smallest absolute Gasteiger partial charge is 0.126 e. The van der Waals surface area contributed by atoms with Gasteiger partial charge in [0.25, 0.3) is 0 Å². The quantitative estimate of drug-likeness (QED) is 0.306. The standard InChI is InChI=1S/C10H14N4O3/c1-17-9-4-6(11)2-3-7(9)10(16)8(15)5-13-14-12/h2-4,8,10,15-16H,5,11H2,1H3. The van der Waals surface area contributed by atoms with Crippen molar-refractivity contribution in [3.8, 4) is 5.75 Å². The summed E-state index contributed by atoms with van der Waals surface area (Å²) in [5.41, 5.74) is 14.6. The van der Waals surface area contributed by atoms with E-state index in [0.29, 0.717) is 17.0 Å². The van der Waals surface area contributed by atoms with E-state index < -0.39 is 12.2 Å². The fraction of sp³-hybridized carbons (Fsp3) is 0.400. The summed E-state index contributed by atoms with van der Waals surface area (Å²) < 4.78 is 5.05. The van der Waals surface area contributed by atoms with Crippen molar-refractivity contribution in [3.63, 3.8) is 0 Å². The molecule has 0 aliphatic rings. The van der Waals surface area contributed by atoms with Gasteiger partial charge in [-0.1, -0.05) is 11.2 Å². The van der Waals surface area contributed by atoms with E-state index in [9.17, 15) is 10.2 Å². The lowest BCUT2D eigenvalue weighted by Gasteiger charge is -2.19. The maximum absolute atomic E-state index is 9.86. The highest BCUT2D eigenvalue weighted by Crippen LogP contribution is 2.29. The van der Waals surface area contributed by atoms with Crippen LogP contribution < -0.4 is 10.5 Å². The van der Waals surface area contributed by atoms with Gasteiger partial charge in [-0.3, -0.25) is 0 Å². The van der Waals surface area contributed by atoms with Gasteiger partial charge in [-0.25, -0.2) is 0 Å². The minimum absolute atomic E-state index is 0.217. The highest BCUT2D eigenvalue weighted by atomic mass is 16.5. The van der Waals surface area contributed by atoms with E-state index in [4.69, 9.17) is 16.0 Å². The first-order chi connectivity index (χ1) is 8.10. The van der Waals surface area contributed by atoms with Crippen LogP contribution in [0.15, 0.2) is 23.3 Å². The molecule has 2 atom stereocenters. The Morgan fingerprint density at radius 1 is 1.53 bits per heavy atom. The van der Waals surface area contributed by atoms with E-state index in [-0.39, 0.29) is 6.54 Å². The lowest BCUT2D eigenvalue weighted by atomic mass is 10.0. The van der Waals surface area contributed by atoms with Gasteiger partial charge >= 0.3 is 0 Å². The number of ether oxygens (including phenoxy) is 1. The average molecular weight is 238 g/mol. The predicted octanol–water partition coefficient (Wildman–Crippen LogP) is 0.982. The van der Waals surface area contributed by atoms with Crippen molar-refractivity contribution < 1.29 is 14.9 Å². The minimum atomic E-state index is -1.20. The van der Waals surface area contributed by atoms with Crippen molar-refractivity contribution in [2.24, 2.45) is 5.11 Å². The molecule has 0 spiro atoms. The number of rotatable bonds is 5. The zero-order chi connectivity index (χ0) is 12.8. The summed E-state index contributed by atoms with van der Waals surface area (Å²) in [6.45, 7) is -0.217. The molecule has 0 aliphatic heterocycles. The maximum atomic E-state index is 9.86. The third-order valence-electron chi connectivity index (χ3n) is 2.27. The molecular formula is C10H14N4O3. The number of methoxy groups -OCH3 is 1. The average Bonchev–Trinajstić information content (AvgIpc) is 2.34. The molecule has 1 aromatic rings. The highest BCUT2D eigenvalue weighted by Gasteiger charge is 2.21. The Bertz CT molecular complexity index is 432. The van der Waals surface area contributed by atoms with Crippen molar-refractivity contribution in [2.45, 2.75) is 12.2 Å². The number of hydrogen-bond donors (Lipinski definition) is 3. The predicted molar refractivity (Wildman–Crippen MR) is 62.4 cm³/mol. The van der Waals surface area contributed by atoms with Crippen molar-refractivity contribution in [2.75, 3.05) is 19.4 Å². The molecule has 92 valence electrons. The van der Waals surface area contributed by atoms with Crippen LogP contribution in [0.2, 0.25) is 0 Å². The molecule has 0 saturated heterocycles. The van der Waals surface area contributed by atoms with Crippen molar-refractivity contribution in [1.29, 1.82) is 0 Å². The summed E-state index contributed by atoms with van der Waals surface area (Å²) in [5.74, 6) is 0.373.